The highest BCUT2D eigenvalue weighted by Gasteiger charge is 2.19. The van der Waals surface area contributed by atoms with Gasteiger partial charge in [0.2, 0.25) is 10.0 Å². The third-order valence-corrected chi connectivity index (χ3v) is 7.95. The van der Waals surface area contributed by atoms with Crippen molar-refractivity contribution in [1.82, 2.24) is 4.72 Å². The Labute approximate surface area is 216 Å². The highest BCUT2D eigenvalue weighted by Crippen LogP contribution is 2.32. The van der Waals surface area contributed by atoms with Gasteiger partial charge in [0.25, 0.3) is 0 Å². The predicted octanol–water partition coefficient (Wildman–Crippen LogP) is 8.87. The van der Waals surface area contributed by atoms with E-state index in [1.165, 1.54) is 64.2 Å². The van der Waals surface area contributed by atoms with Gasteiger partial charge in [0, 0.05) is 5.69 Å². The number of hydrogen-bond donors (Lipinski definition) is 2. The number of hydrogen-bond acceptors (Lipinski definition) is 3. The van der Waals surface area contributed by atoms with E-state index in [0.29, 0.717) is 6.42 Å². The third kappa shape index (κ3) is 13.9. The molecule has 2 N–H and O–H groups in total. The summed E-state index contributed by atoms with van der Waals surface area (Å²) >= 11 is 0. The lowest BCUT2D eigenvalue weighted by Gasteiger charge is -2.20. The van der Waals surface area contributed by atoms with Gasteiger partial charge in [0.05, 0.1) is 5.75 Å². The molecule has 0 aliphatic heterocycles. The molecule has 202 valence electrons. The summed E-state index contributed by atoms with van der Waals surface area (Å²) in [4.78, 5) is 12.5. The molecule has 1 aromatic carbocycles. The molecule has 0 bridgehead atoms. The largest absolute Gasteiger partial charge is 0.332 e. The third-order valence-electron chi connectivity index (χ3n) is 6.63. The monoisotopic (exact) mass is 508 g/mol. The molecule has 35 heavy (non-hydrogen) atoms. The Kier molecular flexibility index (Phi) is 16.0. The van der Waals surface area contributed by atoms with Gasteiger partial charge >= 0.3 is 6.03 Å². The van der Waals surface area contributed by atoms with Gasteiger partial charge in [-0.15, -0.1) is 0 Å². The summed E-state index contributed by atoms with van der Waals surface area (Å²) < 4.78 is 27.0. The Morgan fingerprint density at radius 2 is 1.11 bits per heavy atom. The summed E-state index contributed by atoms with van der Waals surface area (Å²) in [6.45, 7) is 10.5. The molecule has 0 fully saturated rings. The lowest BCUT2D eigenvalue weighted by atomic mass is 9.93. The number of carbonyl (C=O) groups excluding carboxylic acids is 1. The van der Waals surface area contributed by atoms with Crippen molar-refractivity contribution in [3.63, 3.8) is 0 Å². The number of amides is 2. The molecule has 0 spiro atoms. The van der Waals surface area contributed by atoms with Crippen LogP contribution in [0.2, 0.25) is 0 Å². The van der Waals surface area contributed by atoms with Gasteiger partial charge < -0.3 is 5.32 Å². The van der Waals surface area contributed by atoms with E-state index in [2.05, 4.69) is 44.7 Å². The minimum atomic E-state index is -3.65. The molecule has 0 atom stereocenters. The fourth-order valence-corrected chi connectivity index (χ4v) is 5.53. The molecule has 2 amide bonds. The van der Waals surface area contributed by atoms with Crippen LogP contribution in [0.1, 0.15) is 147 Å². The molecule has 1 aromatic rings. The van der Waals surface area contributed by atoms with Crippen LogP contribution in [0.25, 0.3) is 0 Å². The Bertz CT molecular complexity index is 793. The molecule has 0 aliphatic carbocycles. The number of carbonyl (C=O) groups is 1. The van der Waals surface area contributed by atoms with Gasteiger partial charge in [-0.3, -0.25) is 0 Å². The minimum Gasteiger partial charge on any atom is -0.307 e. The number of unbranched alkanes of at least 4 members (excludes halogenated alkanes) is 13. The summed E-state index contributed by atoms with van der Waals surface area (Å²) in [5.74, 6) is 0.425. The fourth-order valence-electron chi connectivity index (χ4n) is 4.51. The second-order valence-electron chi connectivity index (χ2n) is 10.6. The lowest BCUT2D eigenvalue weighted by Crippen LogP contribution is -2.36. The van der Waals surface area contributed by atoms with Gasteiger partial charge in [0.1, 0.15) is 0 Å². The van der Waals surface area contributed by atoms with Crippen LogP contribution in [-0.4, -0.2) is 20.2 Å². The van der Waals surface area contributed by atoms with Crippen LogP contribution >= 0.6 is 0 Å². The molecule has 0 radical (unpaired) electrons. The molecule has 0 saturated heterocycles. The van der Waals surface area contributed by atoms with Crippen LogP contribution in [0.5, 0.6) is 0 Å². The summed E-state index contributed by atoms with van der Waals surface area (Å²) in [6, 6.07) is 5.27. The number of urea groups is 1. The molecule has 1 rings (SSSR count). The van der Waals surface area contributed by atoms with Crippen LogP contribution in [0.4, 0.5) is 10.5 Å². The SMILES string of the molecule is CCCCCCCCCCCCCCCCS(=O)(=O)NC(=O)Nc1c(C(C)C)cccc1C(C)C. The zero-order valence-electron chi connectivity index (χ0n) is 23.1. The molecule has 6 heteroatoms. The molecule has 0 unspecified atom stereocenters. The summed E-state index contributed by atoms with van der Waals surface area (Å²) in [7, 11) is -3.65. The molecule has 0 saturated carbocycles. The van der Waals surface area contributed by atoms with Crippen LogP contribution in [0.15, 0.2) is 18.2 Å². The lowest BCUT2D eigenvalue weighted by molar-refractivity contribution is 0.256. The van der Waals surface area contributed by atoms with Crippen molar-refractivity contribution in [2.24, 2.45) is 0 Å². The quantitative estimate of drug-likeness (QED) is 0.183. The second kappa shape index (κ2) is 17.8. The molecule has 0 heterocycles. The van der Waals surface area contributed by atoms with E-state index in [9.17, 15) is 13.2 Å². The van der Waals surface area contributed by atoms with E-state index in [0.717, 1.165) is 36.1 Å². The first-order valence-corrected chi connectivity index (χ1v) is 15.8. The van der Waals surface area contributed by atoms with E-state index in [4.69, 9.17) is 0 Å². The number of rotatable bonds is 19. The Morgan fingerprint density at radius 3 is 1.51 bits per heavy atom. The van der Waals surface area contributed by atoms with E-state index >= 15 is 0 Å². The minimum absolute atomic E-state index is 0.0126. The van der Waals surface area contributed by atoms with E-state index in [-0.39, 0.29) is 17.6 Å². The summed E-state index contributed by atoms with van der Waals surface area (Å²) in [6.07, 6.45) is 17.1. The van der Waals surface area contributed by atoms with Crippen molar-refractivity contribution in [3.05, 3.63) is 29.3 Å². The maximum Gasteiger partial charge on any atom is 0.332 e. The molecular formula is C29H52N2O3S. The topological polar surface area (TPSA) is 75.3 Å². The normalized spacial score (nSPS) is 11.9. The maximum absolute atomic E-state index is 12.5. The number of benzene rings is 1. The van der Waals surface area contributed by atoms with Crippen LogP contribution in [-0.2, 0) is 10.0 Å². The van der Waals surface area contributed by atoms with Crippen molar-refractivity contribution < 1.29 is 13.2 Å². The zero-order valence-corrected chi connectivity index (χ0v) is 23.9. The van der Waals surface area contributed by atoms with Crippen LogP contribution < -0.4 is 10.0 Å². The van der Waals surface area contributed by atoms with Crippen molar-refractivity contribution in [2.75, 3.05) is 11.1 Å². The standard InChI is InChI=1S/C29H52N2O3S/c1-6-7-8-9-10-11-12-13-14-15-16-17-18-19-23-35(33,34)31-29(32)30-28-26(24(2)3)21-20-22-27(28)25(4)5/h20-22,24-25H,6-19,23H2,1-5H3,(H2,30,31,32). The number of para-hydroxylation sites is 1. The number of sulfonamides is 1. The van der Waals surface area contributed by atoms with Crippen molar-refractivity contribution in [3.8, 4) is 0 Å². The van der Waals surface area contributed by atoms with Gasteiger partial charge in [-0.2, -0.15) is 0 Å². The first-order valence-electron chi connectivity index (χ1n) is 14.1. The maximum atomic E-state index is 12.5. The summed E-state index contributed by atoms with van der Waals surface area (Å²) in [5.41, 5.74) is 2.74. The van der Waals surface area contributed by atoms with E-state index in [1.54, 1.807) is 0 Å². The second-order valence-corrected chi connectivity index (χ2v) is 12.4. The molecule has 5 nitrogen and oxygen atoms in total. The van der Waals surface area contributed by atoms with Gasteiger partial charge in [-0.05, 0) is 29.4 Å². The molecule has 0 aliphatic rings. The van der Waals surface area contributed by atoms with E-state index in [1.807, 2.05) is 18.2 Å². The van der Waals surface area contributed by atoms with Gasteiger partial charge in [-0.25, -0.2) is 17.9 Å². The first-order chi connectivity index (χ1) is 16.7. The fraction of sp³-hybridized carbons (Fsp3) is 0.759. The Morgan fingerprint density at radius 1 is 0.714 bits per heavy atom. The van der Waals surface area contributed by atoms with Crippen LogP contribution in [0, 0.1) is 0 Å². The smallest absolute Gasteiger partial charge is 0.307 e. The average Bonchev–Trinajstić information content (AvgIpc) is 2.78. The average molecular weight is 509 g/mol. The highest BCUT2D eigenvalue weighted by molar-refractivity contribution is 7.90. The predicted molar refractivity (Wildman–Crippen MR) is 151 cm³/mol. The zero-order chi connectivity index (χ0) is 26.1. The van der Waals surface area contributed by atoms with Crippen molar-refractivity contribution in [1.29, 1.82) is 0 Å². The van der Waals surface area contributed by atoms with Crippen molar-refractivity contribution >= 4 is 21.7 Å². The molecule has 0 aromatic heterocycles. The van der Waals surface area contributed by atoms with Crippen molar-refractivity contribution in [2.45, 2.75) is 136 Å². The first kappa shape index (κ1) is 31.5. The number of anilines is 1. The summed E-state index contributed by atoms with van der Waals surface area (Å²) in [5, 5.41) is 2.82. The Hall–Kier alpha value is -1.56. The van der Waals surface area contributed by atoms with E-state index < -0.39 is 16.1 Å². The van der Waals surface area contributed by atoms with Crippen LogP contribution in [0.3, 0.4) is 0 Å². The van der Waals surface area contributed by atoms with Gasteiger partial charge in [-0.1, -0.05) is 136 Å². The Balaban J connectivity index is 2.26. The van der Waals surface area contributed by atoms with Gasteiger partial charge in [0.15, 0.2) is 0 Å². The highest BCUT2D eigenvalue weighted by atomic mass is 32.2. The number of nitrogens with one attached hydrogen (secondary N) is 2. The molecular weight excluding hydrogens is 456 g/mol.